The van der Waals surface area contributed by atoms with Crippen LogP contribution in [-0.4, -0.2) is 30.7 Å². The standard InChI is InChI=1S/C13H21N3O4S/c1-2-6-10-12(21(14,18)19)11(16-15-10)13(17)20-9-7-4-3-5-8-9/h9H,2-8H2,1H3,(H,15,16)(H2,14,18,19). The number of hydrogen-bond acceptors (Lipinski definition) is 5. The van der Waals surface area contributed by atoms with Crippen LogP contribution in [0.4, 0.5) is 0 Å². The minimum atomic E-state index is -4.02. The van der Waals surface area contributed by atoms with E-state index in [9.17, 15) is 13.2 Å². The van der Waals surface area contributed by atoms with Crippen LogP contribution in [0.25, 0.3) is 0 Å². The van der Waals surface area contributed by atoms with E-state index in [2.05, 4.69) is 10.2 Å². The first-order valence-electron chi connectivity index (χ1n) is 7.24. The van der Waals surface area contributed by atoms with E-state index in [1.807, 2.05) is 6.92 Å². The number of H-pyrrole nitrogens is 1. The maximum Gasteiger partial charge on any atom is 0.360 e. The number of nitrogens with two attached hydrogens (primary N) is 1. The number of aromatic amines is 1. The Morgan fingerprint density at radius 1 is 1.38 bits per heavy atom. The Labute approximate surface area is 124 Å². The van der Waals surface area contributed by atoms with Crippen molar-refractivity contribution in [1.29, 1.82) is 0 Å². The second kappa shape index (κ2) is 6.57. The van der Waals surface area contributed by atoms with Crippen molar-refractivity contribution < 1.29 is 17.9 Å². The molecule has 118 valence electrons. The first-order valence-corrected chi connectivity index (χ1v) is 8.79. The van der Waals surface area contributed by atoms with E-state index in [1.165, 1.54) is 0 Å². The van der Waals surface area contributed by atoms with E-state index < -0.39 is 16.0 Å². The van der Waals surface area contributed by atoms with Crippen LogP contribution in [0.5, 0.6) is 0 Å². The number of nitrogens with one attached hydrogen (secondary N) is 1. The number of esters is 1. The van der Waals surface area contributed by atoms with Crippen LogP contribution in [-0.2, 0) is 21.2 Å². The van der Waals surface area contributed by atoms with Crippen molar-refractivity contribution in [2.75, 3.05) is 0 Å². The first-order chi connectivity index (χ1) is 9.93. The predicted octanol–water partition coefficient (Wildman–Crippen LogP) is 1.50. The quantitative estimate of drug-likeness (QED) is 0.799. The molecule has 1 aromatic heterocycles. The first kappa shape index (κ1) is 16.0. The maximum absolute atomic E-state index is 12.2. The molecule has 1 aliphatic carbocycles. The summed E-state index contributed by atoms with van der Waals surface area (Å²) in [5.41, 5.74) is 0.127. The monoisotopic (exact) mass is 315 g/mol. The van der Waals surface area contributed by atoms with Crippen molar-refractivity contribution in [2.45, 2.75) is 62.9 Å². The summed E-state index contributed by atoms with van der Waals surface area (Å²) in [6.07, 6.45) is 5.79. The molecular weight excluding hydrogens is 294 g/mol. The molecule has 1 aromatic rings. The summed E-state index contributed by atoms with van der Waals surface area (Å²) in [5.74, 6) is -0.718. The highest BCUT2D eigenvalue weighted by molar-refractivity contribution is 7.89. The SMILES string of the molecule is CCCc1[nH]nc(C(=O)OC2CCCCC2)c1S(N)(=O)=O. The molecule has 0 amide bonds. The van der Waals surface area contributed by atoms with Gasteiger partial charge in [0.1, 0.15) is 11.0 Å². The van der Waals surface area contributed by atoms with E-state index in [4.69, 9.17) is 9.88 Å². The lowest BCUT2D eigenvalue weighted by atomic mass is 9.98. The van der Waals surface area contributed by atoms with E-state index in [0.717, 1.165) is 32.1 Å². The zero-order valence-corrected chi connectivity index (χ0v) is 12.9. The van der Waals surface area contributed by atoms with Crippen LogP contribution in [0, 0.1) is 0 Å². The molecule has 7 nitrogen and oxygen atoms in total. The maximum atomic E-state index is 12.2. The van der Waals surface area contributed by atoms with Gasteiger partial charge in [-0.15, -0.1) is 0 Å². The number of ether oxygens (including phenoxy) is 1. The van der Waals surface area contributed by atoms with Gasteiger partial charge in [0, 0.05) is 0 Å². The minimum absolute atomic E-state index is 0.161. The molecular formula is C13H21N3O4S. The van der Waals surface area contributed by atoms with Gasteiger partial charge in [0.15, 0.2) is 5.69 Å². The average molecular weight is 315 g/mol. The minimum Gasteiger partial charge on any atom is -0.458 e. The van der Waals surface area contributed by atoms with E-state index in [0.29, 0.717) is 18.5 Å². The molecule has 0 radical (unpaired) electrons. The summed E-state index contributed by atoms with van der Waals surface area (Å²) >= 11 is 0. The number of aromatic nitrogens is 2. The van der Waals surface area contributed by atoms with Crippen LogP contribution in [0.15, 0.2) is 4.90 Å². The third-order valence-corrected chi connectivity index (χ3v) is 4.60. The second-order valence-electron chi connectivity index (χ2n) is 5.34. The largest absolute Gasteiger partial charge is 0.458 e. The summed E-state index contributed by atoms with van der Waals surface area (Å²) in [7, 11) is -4.02. The summed E-state index contributed by atoms with van der Waals surface area (Å²) in [4.78, 5) is 11.9. The smallest absolute Gasteiger partial charge is 0.360 e. The van der Waals surface area contributed by atoms with Crippen molar-refractivity contribution in [3.05, 3.63) is 11.4 Å². The number of carbonyl (C=O) groups excluding carboxylic acids is 1. The third-order valence-electron chi connectivity index (χ3n) is 3.60. The van der Waals surface area contributed by atoms with Crippen molar-refractivity contribution >= 4 is 16.0 Å². The summed E-state index contributed by atoms with van der Waals surface area (Å²) in [5, 5.41) is 11.6. The average Bonchev–Trinajstić information content (AvgIpc) is 2.84. The molecule has 0 saturated heterocycles. The number of hydrogen-bond donors (Lipinski definition) is 2. The van der Waals surface area contributed by atoms with Crippen LogP contribution >= 0.6 is 0 Å². The Kier molecular flexibility index (Phi) is 5.00. The normalized spacial score (nSPS) is 16.9. The molecule has 21 heavy (non-hydrogen) atoms. The van der Waals surface area contributed by atoms with Gasteiger partial charge in [-0.25, -0.2) is 18.4 Å². The molecule has 1 fully saturated rings. The van der Waals surface area contributed by atoms with Gasteiger partial charge < -0.3 is 4.74 Å². The lowest BCUT2D eigenvalue weighted by Gasteiger charge is -2.21. The fraction of sp³-hybridized carbons (Fsp3) is 0.692. The predicted molar refractivity (Wildman–Crippen MR) is 76.2 cm³/mol. The number of primary sulfonamides is 1. The highest BCUT2D eigenvalue weighted by Crippen LogP contribution is 2.24. The molecule has 3 N–H and O–H groups in total. The third kappa shape index (κ3) is 3.82. The van der Waals surface area contributed by atoms with Gasteiger partial charge in [0.25, 0.3) is 0 Å². The van der Waals surface area contributed by atoms with Gasteiger partial charge in [-0.05, 0) is 32.1 Å². The summed E-state index contributed by atoms with van der Waals surface area (Å²) in [6, 6.07) is 0. The lowest BCUT2D eigenvalue weighted by molar-refractivity contribution is 0.0200. The van der Waals surface area contributed by atoms with Crippen LogP contribution in [0.1, 0.15) is 61.6 Å². The molecule has 1 aliphatic rings. The number of sulfonamides is 1. The highest BCUT2D eigenvalue weighted by atomic mass is 32.2. The molecule has 0 aliphatic heterocycles. The Bertz CT molecular complexity index is 603. The molecule has 0 unspecified atom stereocenters. The van der Waals surface area contributed by atoms with Gasteiger partial charge in [-0.3, -0.25) is 5.10 Å². The van der Waals surface area contributed by atoms with Crippen LogP contribution in [0.2, 0.25) is 0 Å². The molecule has 0 bridgehead atoms. The topological polar surface area (TPSA) is 115 Å². The highest BCUT2D eigenvalue weighted by Gasteiger charge is 2.29. The lowest BCUT2D eigenvalue weighted by Crippen LogP contribution is -2.23. The molecule has 1 heterocycles. The van der Waals surface area contributed by atoms with E-state index in [1.54, 1.807) is 0 Å². The van der Waals surface area contributed by atoms with Gasteiger partial charge in [-0.2, -0.15) is 5.10 Å². The fourth-order valence-corrected chi connectivity index (χ4v) is 3.51. The molecule has 0 spiro atoms. The Morgan fingerprint density at radius 3 is 2.62 bits per heavy atom. The van der Waals surface area contributed by atoms with Gasteiger partial charge >= 0.3 is 5.97 Å². The van der Waals surface area contributed by atoms with Crippen molar-refractivity contribution in [3.8, 4) is 0 Å². The zero-order chi connectivity index (χ0) is 15.5. The molecule has 0 aromatic carbocycles. The van der Waals surface area contributed by atoms with E-state index in [-0.39, 0.29) is 16.7 Å². The Hall–Kier alpha value is -1.41. The second-order valence-corrected chi connectivity index (χ2v) is 6.84. The van der Waals surface area contributed by atoms with Gasteiger partial charge in [-0.1, -0.05) is 19.8 Å². The van der Waals surface area contributed by atoms with Crippen LogP contribution < -0.4 is 5.14 Å². The number of nitrogens with zero attached hydrogens (tertiary/aromatic N) is 1. The zero-order valence-electron chi connectivity index (χ0n) is 12.1. The van der Waals surface area contributed by atoms with Gasteiger partial charge in [0.05, 0.1) is 5.69 Å². The number of rotatable bonds is 5. The Morgan fingerprint density at radius 2 is 2.05 bits per heavy atom. The van der Waals surface area contributed by atoms with Gasteiger partial charge in [0.2, 0.25) is 10.0 Å². The number of carbonyl (C=O) groups is 1. The van der Waals surface area contributed by atoms with Crippen LogP contribution in [0.3, 0.4) is 0 Å². The van der Waals surface area contributed by atoms with E-state index >= 15 is 0 Å². The molecule has 0 atom stereocenters. The number of aryl methyl sites for hydroxylation is 1. The molecule has 2 rings (SSSR count). The summed E-state index contributed by atoms with van der Waals surface area (Å²) in [6.45, 7) is 1.90. The summed E-state index contributed by atoms with van der Waals surface area (Å²) < 4.78 is 28.8. The van der Waals surface area contributed by atoms with Crippen molar-refractivity contribution in [1.82, 2.24) is 10.2 Å². The van der Waals surface area contributed by atoms with Crippen molar-refractivity contribution in [2.24, 2.45) is 5.14 Å². The Balaban J connectivity index is 2.24. The fourth-order valence-electron chi connectivity index (χ4n) is 2.62. The molecule has 1 saturated carbocycles. The van der Waals surface area contributed by atoms with Crippen molar-refractivity contribution in [3.63, 3.8) is 0 Å². The molecule has 8 heteroatoms.